The predicted molar refractivity (Wildman–Crippen MR) is 251 cm³/mol. The van der Waals surface area contributed by atoms with Gasteiger partial charge in [0, 0.05) is 115 Å². The van der Waals surface area contributed by atoms with Gasteiger partial charge in [0.1, 0.15) is 23.7 Å². The number of rotatable bonds is 8. The first kappa shape index (κ1) is 42.3. The van der Waals surface area contributed by atoms with Crippen molar-refractivity contribution in [3.63, 3.8) is 0 Å². The number of imide groups is 2. The number of anilines is 1. The fourth-order valence-corrected chi connectivity index (χ4v) is 9.03. The fourth-order valence-electron chi connectivity index (χ4n) is 8.84. The van der Waals surface area contributed by atoms with E-state index in [0.717, 1.165) is 55.5 Å². The zero-order chi connectivity index (χ0) is 45.6. The summed E-state index contributed by atoms with van der Waals surface area (Å²) in [5, 5.41) is 15.7. The Balaban J connectivity index is 0.000000155. The molecule has 4 fully saturated rings. The lowest BCUT2D eigenvalue weighted by molar-refractivity contribution is -0.123. The number of urea groups is 2. The number of aromatic nitrogens is 7. The maximum absolute atomic E-state index is 12.1. The van der Waals surface area contributed by atoms with Gasteiger partial charge in [0.05, 0.1) is 29.1 Å². The number of nitrogens with zero attached hydrogens (tertiary/aromatic N) is 12. The summed E-state index contributed by atoms with van der Waals surface area (Å²) in [7, 11) is 0. The molecule has 4 aliphatic heterocycles. The molecule has 6 amide bonds. The number of hydrogen-bond donors (Lipinski definition) is 4. The number of aliphatic imine (C=N–C) groups is 1. The molecule has 0 radical (unpaired) electrons. The standard InChI is InChI=1S/C23H23BrN8O2.C22H20N8O2/c1-14(12-30-6-7-31-19(13-30)22(33)29-23(31)34)28-21-17(11-27-32(21)20(25)9-24)16-8-15-4-2-3-5-18(15)26-10-16;23-19-8-15(11-28-5-6-29-18(12-28)21(31)27-22(29)32)26-20-16(10-25-30(19)20)14-7-13-3-1-2-4-17(13)24-9-14/h2-5,8-11,19H,6-7,12-13,25H2,1H3,(H,29,33,34);1-4,7-10,18H,5-6,11-12,23H2,(H,27,31,32)/b20-9+,28-14+;. The Kier molecular flexibility index (Phi) is 11.2. The highest BCUT2D eigenvalue weighted by atomic mass is 79.9. The molecule has 2 aromatic carbocycles. The number of pyridine rings is 2. The number of nitrogens with one attached hydrogen (secondary N) is 2. The third-order valence-corrected chi connectivity index (χ3v) is 12.6. The van der Waals surface area contributed by atoms with Gasteiger partial charge in [-0.05, 0) is 31.2 Å². The molecule has 20 nitrogen and oxygen atoms in total. The van der Waals surface area contributed by atoms with Gasteiger partial charge in [-0.2, -0.15) is 19.4 Å². The number of piperazine rings is 2. The van der Waals surface area contributed by atoms with Gasteiger partial charge in [0.15, 0.2) is 11.5 Å². The van der Waals surface area contributed by atoms with E-state index >= 15 is 0 Å². The number of hydrogen-bond acceptors (Lipinski definition) is 14. The van der Waals surface area contributed by atoms with Crippen LogP contribution in [0.4, 0.5) is 21.2 Å². The third kappa shape index (κ3) is 8.07. The van der Waals surface area contributed by atoms with Crippen molar-refractivity contribution in [3.8, 4) is 22.3 Å². The number of amides is 6. The molecular weight excluding hydrogens is 909 g/mol. The quantitative estimate of drug-likeness (QED) is 0.125. The highest BCUT2D eigenvalue weighted by Gasteiger charge is 2.43. The number of halogens is 1. The van der Waals surface area contributed by atoms with Crippen LogP contribution < -0.4 is 22.1 Å². The molecule has 0 bridgehead atoms. The topological polar surface area (TPSA) is 243 Å². The van der Waals surface area contributed by atoms with Crippen LogP contribution in [0, 0.1) is 0 Å². The van der Waals surface area contributed by atoms with Gasteiger partial charge in [-0.3, -0.25) is 40.0 Å². The van der Waals surface area contributed by atoms with Crippen LogP contribution in [-0.4, -0.2) is 141 Å². The molecule has 4 saturated heterocycles. The Morgan fingerprint density at radius 3 is 1.98 bits per heavy atom. The summed E-state index contributed by atoms with van der Waals surface area (Å²) >= 11 is 3.28. The Hall–Kier alpha value is -7.62. The van der Waals surface area contributed by atoms with Crippen molar-refractivity contribution in [2.75, 3.05) is 51.5 Å². The van der Waals surface area contributed by atoms with Crippen LogP contribution >= 0.6 is 15.9 Å². The highest BCUT2D eigenvalue weighted by molar-refractivity contribution is 9.11. The van der Waals surface area contributed by atoms with Crippen molar-refractivity contribution in [3.05, 3.63) is 102 Å². The second kappa shape index (κ2) is 17.4. The first-order valence-corrected chi connectivity index (χ1v) is 22.1. The van der Waals surface area contributed by atoms with Gasteiger partial charge in [-0.1, -0.05) is 52.3 Å². The van der Waals surface area contributed by atoms with E-state index in [1.54, 1.807) is 48.6 Å². The van der Waals surface area contributed by atoms with E-state index < -0.39 is 12.1 Å². The van der Waals surface area contributed by atoms with E-state index in [-0.39, 0.29) is 23.9 Å². The molecule has 7 aromatic rings. The van der Waals surface area contributed by atoms with Crippen LogP contribution in [0.5, 0.6) is 0 Å². The molecule has 9 heterocycles. The Bertz CT molecular complexity index is 3160. The van der Waals surface area contributed by atoms with Crippen molar-refractivity contribution in [2.24, 2.45) is 10.7 Å². The molecule has 0 saturated carbocycles. The number of nitrogen functional groups attached to an aromatic ring is 1. The van der Waals surface area contributed by atoms with Gasteiger partial charge >= 0.3 is 12.1 Å². The summed E-state index contributed by atoms with van der Waals surface area (Å²) in [4.78, 5) is 75.7. The Labute approximate surface area is 385 Å². The lowest BCUT2D eigenvalue weighted by Gasteiger charge is -2.35. The van der Waals surface area contributed by atoms with Gasteiger partial charge in [0.25, 0.3) is 11.8 Å². The normalized spacial score (nSPS) is 19.3. The summed E-state index contributed by atoms with van der Waals surface area (Å²) in [5.41, 5.74) is 20.0. The summed E-state index contributed by atoms with van der Waals surface area (Å²) in [5.74, 6) is 0.974. The minimum absolute atomic E-state index is 0.246. The molecule has 11 rings (SSSR count). The van der Waals surface area contributed by atoms with Crippen molar-refractivity contribution in [1.82, 2.24) is 64.6 Å². The number of nitrogens with two attached hydrogens (primary N) is 2. The molecule has 6 N–H and O–H groups in total. The number of fused-ring (bicyclic) bond motifs is 5. The van der Waals surface area contributed by atoms with E-state index in [1.165, 1.54) is 0 Å². The smallest absolute Gasteiger partial charge is 0.324 e. The summed E-state index contributed by atoms with van der Waals surface area (Å²) in [6, 6.07) is 20.3. The molecule has 5 aromatic heterocycles. The monoisotopic (exact) mass is 950 g/mol. The Morgan fingerprint density at radius 1 is 0.773 bits per heavy atom. The Morgan fingerprint density at radius 2 is 1.35 bits per heavy atom. The summed E-state index contributed by atoms with van der Waals surface area (Å²) < 4.78 is 3.19. The highest BCUT2D eigenvalue weighted by Crippen LogP contribution is 2.33. The van der Waals surface area contributed by atoms with Crippen LogP contribution in [0.3, 0.4) is 0 Å². The van der Waals surface area contributed by atoms with Crippen molar-refractivity contribution < 1.29 is 19.2 Å². The van der Waals surface area contributed by atoms with Gasteiger partial charge < -0.3 is 21.3 Å². The minimum atomic E-state index is -0.453. The summed E-state index contributed by atoms with van der Waals surface area (Å²) in [6.45, 7) is 6.25. The van der Waals surface area contributed by atoms with Crippen LogP contribution in [-0.2, 0) is 16.1 Å². The molecule has 21 heteroatoms. The van der Waals surface area contributed by atoms with E-state index in [0.29, 0.717) is 75.5 Å². The largest absolute Gasteiger partial charge is 0.384 e. The first-order chi connectivity index (χ1) is 32.0. The lowest BCUT2D eigenvalue weighted by atomic mass is 10.1. The fraction of sp³-hybridized carbons (Fsp3) is 0.244. The van der Waals surface area contributed by atoms with Gasteiger partial charge in [-0.15, -0.1) is 0 Å². The zero-order valence-corrected chi connectivity index (χ0v) is 37.2. The second-order valence-corrected chi connectivity index (χ2v) is 16.9. The zero-order valence-electron chi connectivity index (χ0n) is 35.6. The van der Waals surface area contributed by atoms with Crippen LogP contribution in [0.15, 0.2) is 101 Å². The van der Waals surface area contributed by atoms with E-state index in [1.807, 2.05) is 61.7 Å². The molecule has 0 spiro atoms. The van der Waals surface area contributed by atoms with Crippen molar-refractivity contribution >= 4 is 90.4 Å². The van der Waals surface area contributed by atoms with Crippen molar-refractivity contribution in [1.29, 1.82) is 0 Å². The van der Waals surface area contributed by atoms with E-state index in [4.69, 9.17) is 21.4 Å². The van der Waals surface area contributed by atoms with Gasteiger partial charge in [0.2, 0.25) is 0 Å². The summed E-state index contributed by atoms with van der Waals surface area (Å²) in [6.07, 6.45) is 7.11. The molecule has 2 atom stereocenters. The number of para-hydroxylation sites is 2. The maximum atomic E-state index is 12.1. The van der Waals surface area contributed by atoms with E-state index in [2.05, 4.69) is 68.7 Å². The molecule has 334 valence electrons. The van der Waals surface area contributed by atoms with Crippen LogP contribution in [0.25, 0.3) is 55.5 Å². The lowest BCUT2D eigenvalue weighted by Crippen LogP contribution is -2.53. The maximum Gasteiger partial charge on any atom is 0.324 e. The molecule has 0 aliphatic carbocycles. The first-order valence-electron chi connectivity index (χ1n) is 21.2. The SMILES string of the molecule is C/C(CN1CCN2C(=O)NC(=O)C2C1)=N\c1c(-c2cnc3ccccc3c2)cnn1/C(N)=C/Br.Nc1cc(CN2CCN3C(=O)NC(=O)C3C2)nc2c(-c3cnc4ccccc4c3)cnn12. The number of carbonyl (C=O) groups is 4. The second-order valence-electron chi connectivity index (χ2n) is 16.5. The minimum Gasteiger partial charge on any atom is -0.384 e. The van der Waals surface area contributed by atoms with Gasteiger partial charge in [-0.25, -0.2) is 19.6 Å². The molecule has 2 unspecified atom stereocenters. The van der Waals surface area contributed by atoms with Crippen LogP contribution in [0.2, 0.25) is 0 Å². The molecule has 66 heavy (non-hydrogen) atoms. The molecular formula is C45H43BrN16O4. The molecule has 4 aliphatic rings. The van der Waals surface area contributed by atoms with Crippen molar-refractivity contribution in [2.45, 2.75) is 25.6 Å². The van der Waals surface area contributed by atoms with E-state index in [9.17, 15) is 19.2 Å². The number of carbonyl (C=O) groups excluding carboxylic acids is 4. The number of benzene rings is 2. The third-order valence-electron chi connectivity index (χ3n) is 12.1. The van der Waals surface area contributed by atoms with Crippen LogP contribution in [0.1, 0.15) is 12.6 Å². The average Bonchev–Trinajstić information content (AvgIpc) is 4.09. The predicted octanol–water partition coefficient (Wildman–Crippen LogP) is 3.80. The average molecular weight is 952 g/mol.